The second-order valence-corrected chi connectivity index (χ2v) is 19.0. The number of methoxy groups -OCH3 is 1. The van der Waals surface area contributed by atoms with Crippen molar-refractivity contribution in [2.45, 2.75) is 100 Å². The first kappa shape index (κ1) is 39.3. The molecule has 16 heteroatoms. The van der Waals surface area contributed by atoms with Crippen molar-refractivity contribution in [3.8, 4) is 22.2 Å². The maximum Gasteiger partial charge on any atom is 0.317 e. The van der Waals surface area contributed by atoms with Gasteiger partial charge in [-0.05, 0) is 68.9 Å². The van der Waals surface area contributed by atoms with Gasteiger partial charge in [0.1, 0.15) is 38.8 Å². The summed E-state index contributed by atoms with van der Waals surface area (Å²) >= 11 is 8.21. The number of urea groups is 1. The van der Waals surface area contributed by atoms with Crippen LogP contribution in [0.5, 0.6) is 11.5 Å². The Morgan fingerprint density at radius 1 is 1.16 bits per heavy atom. The van der Waals surface area contributed by atoms with E-state index in [1.165, 1.54) is 23.3 Å². The molecule has 7 rings (SSSR count). The van der Waals surface area contributed by atoms with E-state index in [0.29, 0.717) is 69.9 Å². The summed E-state index contributed by atoms with van der Waals surface area (Å²) in [5.41, 5.74) is 0.483. The van der Waals surface area contributed by atoms with Crippen molar-refractivity contribution >= 4 is 61.7 Å². The number of rotatable bonds is 12. The molecule has 0 spiro atoms. The number of thiazole rings is 1. The molecule has 3 fully saturated rings. The zero-order valence-corrected chi connectivity index (χ0v) is 34.0. The molecule has 0 radical (unpaired) electrons. The molecule has 3 atom stereocenters. The molecule has 4 amide bonds. The van der Waals surface area contributed by atoms with Crippen LogP contribution in [0.1, 0.15) is 89.7 Å². The molecular weight excluding hydrogens is 764 g/mol. The van der Waals surface area contributed by atoms with Crippen molar-refractivity contribution in [3.63, 3.8) is 0 Å². The first-order valence-corrected chi connectivity index (χ1v) is 21.8. The summed E-state index contributed by atoms with van der Waals surface area (Å²) in [5, 5.41) is 9.35. The molecule has 3 heterocycles. The predicted molar refractivity (Wildman–Crippen MR) is 212 cm³/mol. The number of aromatic nitrogens is 2. The topological polar surface area (TPSA) is 169 Å². The number of allylic oxidation sites excluding steroid dienone is 1. The summed E-state index contributed by atoms with van der Waals surface area (Å²) in [7, 11) is -0.773. The average Bonchev–Trinajstić information content (AvgIpc) is 4.11. The van der Waals surface area contributed by atoms with E-state index in [1.807, 2.05) is 17.5 Å². The molecule has 4 aliphatic rings. The molecule has 13 nitrogen and oxygen atoms in total. The number of sulfonamides is 1. The van der Waals surface area contributed by atoms with Crippen LogP contribution in [0.25, 0.3) is 21.6 Å². The second kappa shape index (κ2) is 15.5. The Morgan fingerprint density at radius 2 is 1.95 bits per heavy atom. The SMILES string of the molecule is COc1ccc2c(OCC[C@@H]3NC(=O)N(C)CCCCC=C[C@@H]4C[C@@]4(C(=O)NS(=O)(=O)C4(CC5CC5)CC4)NC3=O)cc(-c3nc(C(C)C)cs3)nc2c1Cl. The van der Waals surface area contributed by atoms with Gasteiger partial charge in [-0.1, -0.05) is 50.4 Å². The molecular formula is C39H49ClN6O7S2. The quantitative estimate of drug-likeness (QED) is 0.177. The Bertz CT molecular complexity index is 2120. The second-order valence-electron chi connectivity index (χ2n) is 15.7. The van der Waals surface area contributed by atoms with Crippen LogP contribution in [0.2, 0.25) is 5.02 Å². The zero-order chi connectivity index (χ0) is 39.1. The van der Waals surface area contributed by atoms with Gasteiger partial charge in [0.25, 0.3) is 5.91 Å². The van der Waals surface area contributed by atoms with Crippen LogP contribution in [0.15, 0.2) is 35.7 Å². The third kappa shape index (κ3) is 8.29. The van der Waals surface area contributed by atoms with Crippen molar-refractivity contribution in [1.29, 1.82) is 0 Å². The number of benzene rings is 1. The fraction of sp³-hybridized carbons (Fsp3) is 0.564. The molecule has 296 valence electrons. The Morgan fingerprint density at radius 3 is 2.64 bits per heavy atom. The lowest BCUT2D eigenvalue weighted by molar-refractivity contribution is -0.130. The third-order valence-corrected chi connectivity index (χ3v) is 14.7. The van der Waals surface area contributed by atoms with E-state index < -0.39 is 50.1 Å². The van der Waals surface area contributed by atoms with Crippen LogP contribution in [-0.4, -0.2) is 84.8 Å². The van der Waals surface area contributed by atoms with Gasteiger partial charge >= 0.3 is 6.03 Å². The Labute approximate surface area is 331 Å². The maximum absolute atomic E-state index is 14.2. The van der Waals surface area contributed by atoms with Gasteiger partial charge in [-0.2, -0.15) is 0 Å². The number of hydrogen-bond acceptors (Lipinski definition) is 10. The molecule has 0 bridgehead atoms. The molecule has 3 aliphatic carbocycles. The summed E-state index contributed by atoms with van der Waals surface area (Å²) in [6.45, 7) is 4.61. The fourth-order valence-electron chi connectivity index (χ4n) is 7.23. The number of carbonyl (C=O) groups excluding carboxylic acids is 3. The minimum atomic E-state index is -3.97. The van der Waals surface area contributed by atoms with E-state index in [2.05, 4.69) is 29.2 Å². The van der Waals surface area contributed by atoms with Gasteiger partial charge in [-0.15, -0.1) is 11.3 Å². The first-order chi connectivity index (χ1) is 26.3. The molecule has 3 N–H and O–H groups in total. The molecule has 3 aromatic rings. The Hall–Kier alpha value is -3.95. The fourth-order valence-corrected chi connectivity index (χ4v) is 10.2. The van der Waals surface area contributed by atoms with Crippen molar-refractivity contribution in [1.82, 2.24) is 30.2 Å². The molecule has 0 unspecified atom stereocenters. The van der Waals surface area contributed by atoms with Gasteiger partial charge in [0.2, 0.25) is 15.9 Å². The highest BCUT2D eigenvalue weighted by Crippen LogP contribution is 2.53. The van der Waals surface area contributed by atoms with E-state index in [-0.39, 0.29) is 25.4 Å². The van der Waals surface area contributed by atoms with Crippen LogP contribution < -0.4 is 24.8 Å². The largest absolute Gasteiger partial charge is 0.495 e. The maximum atomic E-state index is 14.2. The molecule has 2 aromatic heterocycles. The molecule has 3 saturated carbocycles. The minimum Gasteiger partial charge on any atom is -0.495 e. The number of fused-ring (bicyclic) bond motifs is 2. The highest BCUT2D eigenvalue weighted by atomic mass is 35.5. The molecule has 55 heavy (non-hydrogen) atoms. The summed E-state index contributed by atoms with van der Waals surface area (Å²) in [4.78, 5) is 52.6. The summed E-state index contributed by atoms with van der Waals surface area (Å²) in [6.07, 6.45) is 10.0. The lowest BCUT2D eigenvalue weighted by atomic mass is 10.1. The number of pyridine rings is 1. The number of amides is 4. The van der Waals surface area contributed by atoms with Crippen molar-refractivity contribution in [2.24, 2.45) is 11.8 Å². The number of carbonyl (C=O) groups is 3. The zero-order valence-electron chi connectivity index (χ0n) is 31.7. The monoisotopic (exact) mass is 812 g/mol. The van der Waals surface area contributed by atoms with Gasteiger partial charge in [0.15, 0.2) is 0 Å². The van der Waals surface area contributed by atoms with E-state index in [0.717, 1.165) is 37.8 Å². The predicted octanol–water partition coefficient (Wildman–Crippen LogP) is 6.32. The van der Waals surface area contributed by atoms with Gasteiger partial charge in [0, 0.05) is 42.8 Å². The molecule has 1 aliphatic heterocycles. The minimum absolute atomic E-state index is 0.0139. The Balaban J connectivity index is 1.14. The summed E-state index contributed by atoms with van der Waals surface area (Å²) in [5.74, 6) is -0.244. The highest BCUT2D eigenvalue weighted by Gasteiger charge is 2.63. The van der Waals surface area contributed by atoms with Crippen molar-refractivity contribution < 1.29 is 32.3 Å². The summed E-state index contributed by atoms with van der Waals surface area (Å²) < 4.78 is 40.5. The van der Waals surface area contributed by atoms with Crippen LogP contribution >= 0.6 is 22.9 Å². The number of nitrogens with one attached hydrogen (secondary N) is 3. The van der Waals surface area contributed by atoms with Gasteiger partial charge < -0.3 is 25.0 Å². The lowest BCUT2D eigenvalue weighted by Crippen LogP contribution is -2.58. The van der Waals surface area contributed by atoms with Crippen LogP contribution in [0.4, 0.5) is 4.79 Å². The molecule has 0 saturated heterocycles. The number of nitrogens with zero attached hydrogens (tertiary/aromatic N) is 3. The van der Waals surface area contributed by atoms with Crippen LogP contribution in [-0.2, 0) is 19.6 Å². The van der Waals surface area contributed by atoms with E-state index in [9.17, 15) is 22.8 Å². The number of hydrogen-bond donors (Lipinski definition) is 3. The standard InChI is InChI=1S/C39H49ClN6O7S2/c1-23(2)29-22-54-35(42-29)28-19-31(26-12-13-30(52-4)32(40)33(26)41-28)53-18-14-27-34(47)44-39(21-25(39)9-7-5-6-8-17-46(3)37(49)43-27)36(48)45-55(50,51)38(15-16-38)20-24-10-11-24/h7,9,12-13,19,22-25,27H,5-6,8,10-11,14-18,20-21H2,1-4H3,(H,43,49)(H,44,47)(H,45,48)/t25-,27+,39-/m1/s1. The van der Waals surface area contributed by atoms with Crippen LogP contribution in [0, 0.1) is 11.8 Å². The number of halogens is 1. The normalized spacial score (nSPS) is 24.1. The van der Waals surface area contributed by atoms with E-state index in [1.54, 1.807) is 25.2 Å². The van der Waals surface area contributed by atoms with Crippen molar-refractivity contribution in [2.75, 3.05) is 27.3 Å². The van der Waals surface area contributed by atoms with Gasteiger partial charge in [0.05, 0.1) is 29.7 Å². The third-order valence-electron chi connectivity index (χ3n) is 11.2. The Kier molecular flexibility index (Phi) is 11.1. The van der Waals surface area contributed by atoms with Crippen LogP contribution in [0.3, 0.4) is 0 Å². The van der Waals surface area contributed by atoms with E-state index in [4.69, 9.17) is 31.0 Å². The summed E-state index contributed by atoms with van der Waals surface area (Å²) in [6, 6.07) is 3.74. The van der Waals surface area contributed by atoms with E-state index >= 15 is 0 Å². The average molecular weight is 813 g/mol. The molecule has 1 aromatic carbocycles. The highest BCUT2D eigenvalue weighted by molar-refractivity contribution is 7.91. The smallest absolute Gasteiger partial charge is 0.317 e. The van der Waals surface area contributed by atoms with Gasteiger partial charge in [-0.3, -0.25) is 14.3 Å². The van der Waals surface area contributed by atoms with Crippen molar-refractivity contribution in [3.05, 3.63) is 46.4 Å². The van der Waals surface area contributed by atoms with Gasteiger partial charge in [-0.25, -0.2) is 23.2 Å². The lowest BCUT2D eigenvalue weighted by Gasteiger charge is -2.27. The number of ether oxygens (including phenoxy) is 2. The first-order valence-electron chi connectivity index (χ1n) is 19.1.